The number of nitrogens with one attached hydrogen (secondary N) is 1. The van der Waals surface area contributed by atoms with Crippen LogP contribution >= 0.6 is 23.1 Å². The number of aliphatic imine (C=N–C) groups is 1. The van der Waals surface area contributed by atoms with Crippen LogP contribution in [0.25, 0.3) is 0 Å². The lowest BCUT2D eigenvalue weighted by molar-refractivity contribution is -0.0466. The summed E-state index contributed by atoms with van der Waals surface area (Å²) in [5.41, 5.74) is 5.70. The number of amidine groups is 1. The molecule has 0 radical (unpaired) electrons. The van der Waals surface area contributed by atoms with Gasteiger partial charge in [0.25, 0.3) is 5.91 Å². The van der Waals surface area contributed by atoms with E-state index in [4.69, 9.17) is 19.9 Å². The Hall–Kier alpha value is -1.91. The molecule has 0 aromatic carbocycles. The molecule has 4 heterocycles. The first-order valence-electron chi connectivity index (χ1n) is 9.20. The molecule has 2 aliphatic rings. The van der Waals surface area contributed by atoms with Crippen molar-refractivity contribution in [1.29, 1.82) is 0 Å². The largest absolute Gasteiger partial charge is 0.448 e. The predicted molar refractivity (Wildman–Crippen MR) is 110 cm³/mol. The second-order valence-corrected chi connectivity index (χ2v) is 9.36. The van der Waals surface area contributed by atoms with Crippen molar-refractivity contribution in [3.63, 3.8) is 0 Å². The molecule has 0 saturated carbocycles. The number of amides is 1. The first-order valence-corrected chi connectivity index (χ1v) is 11.1. The van der Waals surface area contributed by atoms with Crippen molar-refractivity contribution in [2.45, 2.75) is 44.8 Å². The van der Waals surface area contributed by atoms with Crippen molar-refractivity contribution in [2.75, 3.05) is 17.7 Å². The lowest BCUT2D eigenvalue weighted by Crippen LogP contribution is -2.49. The molecule has 0 bridgehead atoms. The van der Waals surface area contributed by atoms with E-state index in [1.165, 1.54) is 17.6 Å². The third-order valence-electron chi connectivity index (χ3n) is 4.99. The Bertz CT molecular complexity index is 909. The Morgan fingerprint density at radius 3 is 3.00 bits per heavy atom. The molecular weight excluding hydrogens is 398 g/mol. The Kier molecular flexibility index (Phi) is 5.19. The third kappa shape index (κ3) is 3.56. The average molecular weight is 422 g/mol. The molecular formula is C18H23N5O3S2. The van der Waals surface area contributed by atoms with E-state index in [1.54, 1.807) is 11.8 Å². The van der Waals surface area contributed by atoms with Crippen LogP contribution in [0.4, 0.5) is 5.82 Å². The van der Waals surface area contributed by atoms with Crippen molar-refractivity contribution >= 4 is 40.0 Å². The molecule has 0 spiro atoms. The summed E-state index contributed by atoms with van der Waals surface area (Å²) in [6.07, 6.45) is 2.46. The normalized spacial score (nSPS) is 27.4. The van der Waals surface area contributed by atoms with E-state index in [1.807, 2.05) is 19.2 Å². The molecule has 4 rings (SSSR count). The van der Waals surface area contributed by atoms with Gasteiger partial charge >= 0.3 is 0 Å². The molecule has 3 atom stereocenters. The number of hydrogen-bond donors (Lipinski definition) is 2. The summed E-state index contributed by atoms with van der Waals surface area (Å²) < 4.78 is 11.3. The van der Waals surface area contributed by atoms with E-state index < -0.39 is 5.54 Å². The second kappa shape index (κ2) is 7.49. The summed E-state index contributed by atoms with van der Waals surface area (Å²) >= 11 is 3.04. The number of thioether (sulfide) groups is 1. The second-order valence-electron chi connectivity index (χ2n) is 7.46. The van der Waals surface area contributed by atoms with Gasteiger partial charge in [-0.2, -0.15) is 0 Å². The smallest absolute Gasteiger partial charge is 0.278 e. The minimum atomic E-state index is -0.575. The highest BCUT2D eigenvalue weighted by Crippen LogP contribution is 2.47. The van der Waals surface area contributed by atoms with Gasteiger partial charge in [-0.15, -0.1) is 11.3 Å². The van der Waals surface area contributed by atoms with Crippen LogP contribution in [0, 0.1) is 5.92 Å². The van der Waals surface area contributed by atoms with Crippen molar-refractivity contribution in [1.82, 2.24) is 9.97 Å². The van der Waals surface area contributed by atoms with Crippen molar-refractivity contribution in [3.05, 3.63) is 28.2 Å². The Balaban J connectivity index is 1.56. The standard InChI is InChI=1S/C18H23N5O3S2/c1-9(2)15-20-12(5-25-15)14(24)21-13-7-27-16(22-13)18-8-26-10(3)4-11(18)6-28-17(19)23-18/h5,7,9-11H,4,6,8H2,1-3H3,(H2,19,23)(H,21,24). The van der Waals surface area contributed by atoms with Gasteiger partial charge in [-0.1, -0.05) is 25.6 Å². The Morgan fingerprint density at radius 1 is 1.43 bits per heavy atom. The molecule has 8 nitrogen and oxygen atoms in total. The summed E-state index contributed by atoms with van der Waals surface area (Å²) in [5.74, 6) is 1.96. The van der Waals surface area contributed by atoms with Crippen LogP contribution in [-0.4, -0.2) is 39.5 Å². The van der Waals surface area contributed by atoms with E-state index in [0.29, 0.717) is 29.4 Å². The molecule has 0 aliphatic carbocycles. The molecule has 2 aromatic heterocycles. The third-order valence-corrected chi connectivity index (χ3v) is 6.95. The average Bonchev–Trinajstić information content (AvgIpc) is 3.32. The molecule has 3 N–H and O–H groups in total. The van der Waals surface area contributed by atoms with Crippen LogP contribution in [0.5, 0.6) is 0 Å². The zero-order valence-corrected chi connectivity index (χ0v) is 17.6. The van der Waals surface area contributed by atoms with Gasteiger partial charge < -0.3 is 20.2 Å². The van der Waals surface area contributed by atoms with Gasteiger partial charge in [-0.3, -0.25) is 4.79 Å². The van der Waals surface area contributed by atoms with Crippen molar-refractivity contribution < 1.29 is 13.9 Å². The van der Waals surface area contributed by atoms with Crippen LogP contribution in [0.15, 0.2) is 21.1 Å². The predicted octanol–water partition coefficient (Wildman–Crippen LogP) is 3.19. The summed E-state index contributed by atoms with van der Waals surface area (Å²) in [6.45, 7) is 6.44. The van der Waals surface area contributed by atoms with Crippen LogP contribution in [0.1, 0.15) is 54.5 Å². The first kappa shape index (κ1) is 19.4. The molecule has 1 amide bonds. The highest BCUT2D eigenvalue weighted by atomic mass is 32.2. The lowest BCUT2D eigenvalue weighted by Gasteiger charge is -2.44. The van der Waals surface area contributed by atoms with Crippen LogP contribution in [-0.2, 0) is 10.3 Å². The Labute approximate surface area is 171 Å². The molecule has 2 aliphatic heterocycles. The van der Waals surface area contributed by atoms with Gasteiger partial charge in [0, 0.05) is 23.0 Å². The van der Waals surface area contributed by atoms with Crippen LogP contribution in [0.3, 0.4) is 0 Å². The van der Waals surface area contributed by atoms with Gasteiger partial charge in [0.2, 0.25) is 0 Å². The molecule has 150 valence electrons. The molecule has 3 unspecified atom stereocenters. The topological polar surface area (TPSA) is 116 Å². The fraction of sp³-hybridized carbons (Fsp3) is 0.556. The zero-order chi connectivity index (χ0) is 19.9. The van der Waals surface area contributed by atoms with E-state index in [9.17, 15) is 4.79 Å². The minimum Gasteiger partial charge on any atom is -0.448 e. The molecule has 1 saturated heterocycles. The van der Waals surface area contributed by atoms with E-state index in [-0.39, 0.29) is 23.6 Å². The first-order chi connectivity index (χ1) is 13.4. The molecule has 28 heavy (non-hydrogen) atoms. The fourth-order valence-electron chi connectivity index (χ4n) is 3.45. The quantitative estimate of drug-likeness (QED) is 0.779. The number of ether oxygens (including phenoxy) is 1. The van der Waals surface area contributed by atoms with E-state index in [2.05, 4.69) is 22.2 Å². The van der Waals surface area contributed by atoms with Gasteiger partial charge in [0.1, 0.15) is 22.6 Å². The monoisotopic (exact) mass is 421 g/mol. The van der Waals surface area contributed by atoms with Crippen molar-refractivity contribution in [3.8, 4) is 0 Å². The van der Waals surface area contributed by atoms with Gasteiger partial charge in [0.15, 0.2) is 16.8 Å². The number of aromatic nitrogens is 2. The van der Waals surface area contributed by atoms with E-state index >= 15 is 0 Å². The summed E-state index contributed by atoms with van der Waals surface area (Å²) in [7, 11) is 0. The highest BCUT2D eigenvalue weighted by Gasteiger charge is 2.49. The number of thiazole rings is 1. The number of nitrogens with two attached hydrogens (primary N) is 1. The number of carbonyl (C=O) groups excluding carboxylic acids is 1. The fourth-order valence-corrected chi connectivity index (χ4v) is 5.42. The molecule has 1 fully saturated rings. The summed E-state index contributed by atoms with van der Waals surface area (Å²) in [4.78, 5) is 26.1. The van der Waals surface area contributed by atoms with Crippen molar-refractivity contribution in [2.24, 2.45) is 16.6 Å². The van der Waals surface area contributed by atoms with Crippen LogP contribution in [0.2, 0.25) is 0 Å². The maximum absolute atomic E-state index is 12.5. The number of nitrogens with zero attached hydrogens (tertiary/aromatic N) is 3. The number of carbonyl (C=O) groups is 1. The van der Waals surface area contributed by atoms with Crippen LogP contribution < -0.4 is 11.1 Å². The minimum absolute atomic E-state index is 0.115. The Morgan fingerprint density at radius 2 is 2.25 bits per heavy atom. The molecule has 10 heteroatoms. The maximum atomic E-state index is 12.5. The maximum Gasteiger partial charge on any atom is 0.278 e. The van der Waals surface area contributed by atoms with Gasteiger partial charge in [-0.05, 0) is 13.3 Å². The number of hydrogen-bond acceptors (Lipinski definition) is 9. The van der Waals surface area contributed by atoms with E-state index in [0.717, 1.165) is 17.2 Å². The highest BCUT2D eigenvalue weighted by molar-refractivity contribution is 8.13. The lowest BCUT2D eigenvalue weighted by atomic mass is 9.80. The summed E-state index contributed by atoms with van der Waals surface area (Å²) in [6, 6.07) is 0. The molecule has 2 aromatic rings. The van der Waals surface area contributed by atoms with Gasteiger partial charge in [-0.25, -0.2) is 15.0 Å². The number of oxazole rings is 1. The van der Waals surface area contributed by atoms with Gasteiger partial charge in [0.05, 0.1) is 12.7 Å². The SMILES string of the molecule is CC1CC2CSC(N)=NC2(c2nc(NC(=O)c3coc(C(C)C)n3)cs2)CO1. The number of fused-ring (bicyclic) bond motifs is 1. The number of anilines is 1. The summed E-state index contributed by atoms with van der Waals surface area (Å²) in [5, 5.41) is 5.97. The number of rotatable bonds is 4. The zero-order valence-electron chi connectivity index (χ0n) is 16.0.